The second-order valence-corrected chi connectivity index (χ2v) is 5.26. The Kier molecular flexibility index (Phi) is 6.09. The van der Waals surface area contributed by atoms with Crippen molar-refractivity contribution in [1.82, 2.24) is 4.90 Å². The van der Waals surface area contributed by atoms with Gasteiger partial charge in [-0.1, -0.05) is 40.9 Å². The lowest BCUT2D eigenvalue weighted by atomic mass is 10.1. The summed E-state index contributed by atoms with van der Waals surface area (Å²) >= 11 is 0. The Hall–Kier alpha value is -1.05. The molecule has 0 heterocycles. The minimum absolute atomic E-state index is 0.0231. The van der Waals surface area contributed by atoms with Gasteiger partial charge in [-0.15, -0.1) is 0 Å². The lowest BCUT2D eigenvalue weighted by Gasteiger charge is -2.27. The predicted octanol–water partition coefficient (Wildman–Crippen LogP) is 3.26. The van der Waals surface area contributed by atoms with Gasteiger partial charge in [0.25, 0.3) is 5.91 Å². The number of rotatable bonds is 6. The summed E-state index contributed by atoms with van der Waals surface area (Å²) in [6.07, 6.45) is 0. The highest BCUT2D eigenvalue weighted by atomic mass is 16.2. The SMILES string of the molecule is C=C(C)C(=C)C(=O)N(CC(C)C)CC(C)C. The normalized spacial score (nSPS) is 10.7. The van der Waals surface area contributed by atoms with Crippen LogP contribution in [-0.2, 0) is 4.79 Å². The first kappa shape index (κ1) is 14.9. The van der Waals surface area contributed by atoms with Crippen molar-refractivity contribution in [2.24, 2.45) is 11.8 Å². The zero-order valence-corrected chi connectivity index (χ0v) is 11.3. The fraction of sp³-hybridized carbons (Fsp3) is 0.643. The molecule has 0 saturated heterocycles. The maximum absolute atomic E-state index is 12.1. The summed E-state index contributed by atoms with van der Waals surface area (Å²) in [5.74, 6) is 0.969. The molecule has 0 aliphatic heterocycles. The molecule has 0 aliphatic carbocycles. The molecule has 2 heteroatoms. The quantitative estimate of drug-likeness (QED) is 0.500. The summed E-state index contributed by atoms with van der Waals surface area (Å²) in [6, 6.07) is 0. The van der Waals surface area contributed by atoms with Crippen molar-refractivity contribution in [2.75, 3.05) is 13.1 Å². The van der Waals surface area contributed by atoms with Crippen molar-refractivity contribution in [2.45, 2.75) is 34.6 Å². The van der Waals surface area contributed by atoms with E-state index in [-0.39, 0.29) is 5.91 Å². The molecule has 1 amide bonds. The van der Waals surface area contributed by atoms with E-state index in [0.29, 0.717) is 17.4 Å². The first-order valence-corrected chi connectivity index (χ1v) is 5.89. The number of nitrogens with zero attached hydrogens (tertiary/aromatic N) is 1. The third-order valence-electron chi connectivity index (χ3n) is 2.23. The molecule has 0 fully saturated rings. The van der Waals surface area contributed by atoms with E-state index in [1.165, 1.54) is 0 Å². The molecule has 0 unspecified atom stereocenters. The minimum Gasteiger partial charge on any atom is -0.338 e. The average molecular weight is 223 g/mol. The predicted molar refractivity (Wildman–Crippen MR) is 70.2 cm³/mol. The lowest BCUT2D eigenvalue weighted by Crippen LogP contribution is -2.37. The summed E-state index contributed by atoms with van der Waals surface area (Å²) in [7, 11) is 0. The van der Waals surface area contributed by atoms with Gasteiger partial charge in [-0.25, -0.2) is 0 Å². The maximum atomic E-state index is 12.1. The molecule has 0 aliphatic rings. The highest BCUT2D eigenvalue weighted by Crippen LogP contribution is 2.12. The van der Waals surface area contributed by atoms with Gasteiger partial charge in [0, 0.05) is 18.7 Å². The Morgan fingerprint density at radius 1 is 1.06 bits per heavy atom. The fourth-order valence-corrected chi connectivity index (χ4v) is 1.50. The van der Waals surface area contributed by atoms with Crippen molar-refractivity contribution in [3.63, 3.8) is 0 Å². The lowest BCUT2D eigenvalue weighted by molar-refractivity contribution is -0.127. The van der Waals surface area contributed by atoms with Crippen LogP contribution >= 0.6 is 0 Å². The van der Waals surface area contributed by atoms with Gasteiger partial charge in [-0.3, -0.25) is 4.79 Å². The Morgan fingerprint density at radius 2 is 1.44 bits per heavy atom. The molecule has 0 aromatic heterocycles. The van der Waals surface area contributed by atoms with E-state index in [0.717, 1.165) is 18.7 Å². The molecule has 0 bridgehead atoms. The van der Waals surface area contributed by atoms with Crippen LogP contribution in [-0.4, -0.2) is 23.9 Å². The molecule has 2 nitrogen and oxygen atoms in total. The Morgan fingerprint density at radius 3 is 1.69 bits per heavy atom. The third-order valence-corrected chi connectivity index (χ3v) is 2.23. The number of amides is 1. The van der Waals surface area contributed by atoms with Crippen molar-refractivity contribution in [1.29, 1.82) is 0 Å². The first-order valence-electron chi connectivity index (χ1n) is 5.89. The van der Waals surface area contributed by atoms with Crippen LogP contribution < -0.4 is 0 Å². The average Bonchev–Trinajstić information content (AvgIpc) is 2.12. The summed E-state index contributed by atoms with van der Waals surface area (Å²) in [5, 5.41) is 0. The molecule has 0 spiro atoms. The maximum Gasteiger partial charge on any atom is 0.253 e. The summed E-state index contributed by atoms with van der Waals surface area (Å²) in [6.45, 7) is 19.4. The standard InChI is InChI=1S/C14H25NO/c1-10(2)8-15(9-11(3)4)14(16)13(7)12(5)6/h10-11H,5,7-9H2,1-4,6H3. The van der Waals surface area contributed by atoms with Gasteiger partial charge < -0.3 is 4.90 Å². The Balaban J connectivity index is 4.68. The van der Waals surface area contributed by atoms with E-state index in [2.05, 4.69) is 40.9 Å². The van der Waals surface area contributed by atoms with Gasteiger partial charge in [-0.2, -0.15) is 0 Å². The highest BCUT2D eigenvalue weighted by molar-refractivity contribution is 5.96. The molecule has 0 saturated carbocycles. The highest BCUT2D eigenvalue weighted by Gasteiger charge is 2.18. The number of hydrogen-bond donors (Lipinski definition) is 0. The van der Waals surface area contributed by atoms with Gasteiger partial charge >= 0.3 is 0 Å². The van der Waals surface area contributed by atoms with Crippen molar-refractivity contribution < 1.29 is 4.79 Å². The Labute approximate surface area is 100 Å². The van der Waals surface area contributed by atoms with Crippen molar-refractivity contribution >= 4 is 5.91 Å². The van der Waals surface area contributed by atoms with Gasteiger partial charge in [-0.05, 0) is 24.3 Å². The van der Waals surface area contributed by atoms with Crippen LogP contribution in [0.5, 0.6) is 0 Å². The molecular formula is C14H25NO. The van der Waals surface area contributed by atoms with E-state index >= 15 is 0 Å². The topological polar surface area (TPSA) is 20.3 Å². The summed E-state index contributed by atoms with van der Waals surface area (Å²) in [4.78, 5) is 14.0. The van der Waals surface area contributed by atoms with Gasteiger partial charge in [0.2, 0.25) is 0 Å². The zero-order valence-electron chi connectivity index (χ0n) is 11.3. The zero-order chi connectivity index (χ0) is 12.9. The van der Waals surface area contributed by atoms with Crippen LogP contribution in [0, 0.1) is 11.8 Å². The molecule has 16 heavy (non-hydrogen) atoms. The largest absolute Gasteiger partial charge is 0.338 e. The van der Waals surface area contributed by atoms with E-state index < -0.39 is 0 Å². The number of carbonyl (C=O) groups excluding carboxylic acids is 1. The van der Waals surface area contributed by atoms with Crippen LogP contribution in [0.4, 0.5) is 0 Å². The van der Waals surface area contributed by atoms with Crippen LogP contribution in [0.25, 0.3) is 0 Å². The molecule has 0 aromatic carbocycles. The van der Waals surface area contributed by atoms with Gasteiger partial charge in [0.1, 0.15) is 0 Å². The summed E-state index contributed by atoms with van der Waals surface area (Å²) < 4.78 is 0. The number of carbonyl (C=O) groups is 1. The molecule has 0 rings (SSSR count). The molecule has 0 N–H and O–H groups in total. The third kappa shape index (κ3) is 5.15. The van der Waals surface area contributed by atoms with E-state index in [9.17, 15) is 4.79 Å². The van der Waals surface area contributed by atoms with Crippen LogP contribution in [0.3, 0.4) is 0 Å². The fourth-order valence-electron chi connectivity index (χ4n) is 1.50. The van der Waals surface area contributed by atoms with E-state index in [1.807, 2.05) is 11.8 Å². The molecule has 0 atom stereocenters. The minimum atomic E-state index is 0.0231. The van der Waals surface area contributed by atoms with Crippen LogP contribution in [0.15, 0.2) is 24.3 Å². The van der Waals surface area contributed by atoms with Gasteiger partial charge in [0.15, 0.2) is 0 Å². The molecule has 0 aromatic rings. The number of hydrogen-bond acceptors (Lipinski definition) is 1. The van der Waals surface area contributed by atoms with E-state index in [4.69, 9.17) is 0 Å². The summed E-state index contributed by atoms with van der Waals surface area (Å²) in [5.41, 5.74) is 1.28. The molecule has 0 radical (unpaired) electrons. The second kappa shape index (κ2) is 6.51. The second-order valence-electron chi connectivity index (χ2n) is 5.26. The Bertz CT molecular complexity index is 266. The van der Waals surface area contributed by atoms with E-state index in [1.54, 1.807) is 0 Å². The molecule has 92 valence electrons. The molecular weight excluding hydrogens is 198 g/mol. The smallest absolute Gasteiger partial charge is 0.253 e. The van der Waals surface area contributed by atoms with Gasteiger partial charge in [0.05, 0.1) is 0 Å². The van der Waals surface area contributed by atoms with Crippen molar-refractivity contribution in [3.05, 3.63) is 24.3 Å². The van der Waals surface area contributed by atoms with Crippen molar-refractivity contribution in [3.8, 4) is 0 Å². The first-order chi connectivity index (χ1) is 7.25. The monoisotopic (exact) mass is 223 g/mol. The van der Waals surface area contributed by atoms with Crippen LogP contribution in [0.1, 0.15) is 34.6 Å². The van der Waals surface area contributed by atoms with Crippen LogP contribution in [0.2, 0.25) is 0 Å².